The van der Waals surface area contributed by atoms with E-state index in [2.05, 4.69) is 15.5 Å². The summed E-state index contributed by atoms with van der Waals surface area (Å²) in [6.45, 7) is 5.29. The van der Waals surface area contributed by atoms with E-state index < -0.39 is 0 Å². The Kier molecular flexibility index (Phi) is 4.45. The van der Waals surface area contributed by atoms with Crippen LogP contribution in [0.4, 0.5) is 11.4 Å². The summed E-state index contributed by atoms with van der Waals surface area (Å²) in [4.78, 5) is 14.1. The van der Waals surface area contributed by atoms with E-state index in [0.29, 0.717) is 11.6 Å². The number of halogens is 1. The van der Waals surface area contributed by atoms with Crippen LogP contribution in [0.15, 0.2) is 18.2 Å². The highest BCUT2D eigenvalue weighted by Crippen LogP contribution is 2.39. The smallest absolute Gasteiger partial charge is 0.325 e. The van der Waals surface area contributed by atoms with Gasteiger partial charge in [0.15, 0.2) is 0 Å². The second kappa shape index (κ2) is 6.34. The Morgan fingerprint density at radius 3 is 2.91 bits per heavy atom. The van der Waals surface area contributed by atoms with Gasteiger partial charge in [-0.05, 0) is 51.1 Å². The SMILES string of the molecule is CCOC(=O)CN1CC2(CCNCC2)Nc2cc(Cl)ccc21. The predicted octanol–water partition coefficient (Wildman–Crippen LogP) is 2.26. The van der Waals surface area contributed by atoms with Crippen LogP contribution in [-0.4, -0.2) is 44.3 Å². The third-order valence-corrected chi connectivity index (χ3v) is 4.61. The van der Waals surface area contributed by atoms with Crippen molar-refractivity contribution in [2.75, 3.05) is 43.0 Å². The van der Waals surface area contributed by atoms with Crippen LogP contribution >= 0.6 is 11.6 Å². The normalized spacial score (nSPS) is 19.5. The highest BCUT2D eigenvalue weighted by molar-refractivity contribution is 6.31. The van der Waals surface area contributed by atoms with Gasteiger partial charge < -0.3 is 20.3 Å². The van der Waals surface area contributed by atoms with E-state index >= 15 is 0 Å². The summed E-state index contributed by atoms with van der Waals surface area (Å²) in [6.07, 6.45) is 2.05. The molecule has 1 saturated heterocycles. The molecule has 0 unspecified atom stereocenters. The molecule has 120 valence electrons. The zero-order chi connectivity index (χ0) is 15.6. The number of nitrogens with one attached hydrogen (secondary N) is 2. The van der Waals surface area contributed by atoms with Gasteiger partial charge in [-0.3, -0.25) is 4.79 Å². The zero-order valence-electron chi connectivity index (χ0n) is 12.8. The molecule has 22 heavy (non-hydrogen) atoms. The maximum absolute atomic E-state index is 11.9. The highest BCUT2D eigenvalue weighted by atomic mass is 35.5. The van der Waals surface area contributed by atoms with E-state index in [0.717, 1.165) is 43.9 Å². The number of ether oxygens (including phenoxy) is 1. The topological polar surface area (TPSA) is 53.6 Å². The first-order valence-corrected chi connectivity index (χ1v) is 8.19. The number of carbonyl (C=O) groups is 1. The molecule has 2 aliphatic rings. The molecule has 0 bridgehead atoms. The monoisotopic (exact) mass is 323 g/mol. The van der Waals surface area contributed by atoms with E-state index in [4.69, 9.17) is 16.3 Å². The molecule has 0 radical (unpaired) electrons. The summed E-state index contributed by atoms with van der Waals surface area (Å²) in [5, 5.41) is 7.76. The Morgan fingerprint density at radius 1 is 1.41 bits per heavy atom. The molecule has 0 aliphatic carbocycles. The second-order valence-corrected chi connectivity index (χ2v) is 6.41. The highest BCUT2D eigenvalue weighted by Gasteiger charge is 2.39. The van der Waals surface area contributed by atoms with Crippen molar-refractivity contribution in [2.45, 2.75) is 25.3 Å². The minimum Gasteiger partial charge on any atom is -0.465 e. The molecular weight excluding hydrogens is 302 g/mol. The summed E-state index contributed by atoms with van der Waals surface area (Å²) in [5.74, 6) is -0.186. The summed E-state index contributed by atoms with van der Waals surface area (Å²) in [6, 6.07) is 5.77. The van der Waals surface area contributed by atoms with Gasteiger partial charge >= 0.3 is 5.97 Å². The number of rotatable bonds is 3. The molecular formula is C16H22ClN3O2. The molecule has 3 rings (SSSR count). The lowest BCUT2D eigenvalue weighted by molar-refractivity contribution is -0.141. The van der Waals surface area contributed by atoms with Crippen molar-refractivity contribution in [1.29, 1.82) is 0 Å². The Morgan fingerprint density at radius 2 is 2.18 bits per heavy atom. The first kappa shape index (κ1) is 15.4. The molecule has 6 heteroatoms. The fourth-order valence-corrected chi connectivity index (χ4v) is 3.52. The predicted molar refractivity (Wildman–Crippen MR) is 88.8 cm³/mol. The number of nitrogens with zero attached hydrogens (tertiary/aromatic N) is 1. The molecule has 0 aromatic heterocycles. The third kappa shape index (κ3) is 3.15. The standard InChI is InChI=1S/C16H22ClN3O2/c1-2-22-15(21)10-20-11-16(5-7-18-8-6-16)19-13-9-12(17)3-4-14(13)20/h3-4,9,18-19H,2,5-8,10-11H2,1H3. The molecule has 2 N–H and O–H groups in total. The molecule has 1 spiro atoms. The first-order chi connectivity index (χ1) is 10.6. The van der Waals surface area contributed by atoms with Crippen molar-refractivity contribution in [2.24, 2.45) is 0 Å². The lowest BCUT2D eigenvalue weighted by atomic mass is 9.85. The van der Waals surface area contributed by atoms with Crippen molar-refractivity contribution >= 4 is 28.9 Å². The van der Waals surface area contributed by atoms with Crippen LogP contribution < -0.4 is 15.5 Å². The number of hydrogen-bond donors (Lipinski definition) is 2. The van der Waals surface area contributed by atoms with Crippen LogP contribution in [0.3, 0.4) is 0 Å². The van der Waals surface area contributed by atoms with E-state index in [1.54, 1.807) is 0 Å². The number of piperidine rings is 1. The van der Waals surface area contributed by atoms with Gasteiger partial charge in [0.25, 0.3) is 0 Å². The fourth-order valence-electron chi connectivity index (χ4n) is 3.35. The van der Waals surface area contributed by atoms with Gasteiger partial charge in [-0.25, -0.2) is 0 Å². The van der Waals surface area contributed by atoms with Gasteiger partial charge in [-0.2, -0.15) is 0 Å². The van der Waals surface area contributed by atoms with Crippen LogP contribution in [0.25, 0.3) is 0 Å². The largest absolute Gasteiger partial charge is 0.465 e. The van der Waals surface area contributed by atoms with Crippen molar-refractivity contribution in [3.8, 4) is 0 Å². The van der Waals surface area contributed by atoms with Crippen molar-refractivity contribution in [1.82, 2.24) is 5.32 Å². The lowest BCUT2D eigenvalue weighted by Crippen LogP contribution is -2.58. The molecule has 1 aromatic carbocycles. The Hall–Kier alpha value is -1.46. The van der Waals surface area contributed by atoms with Crippen LogP contribution in [0.5, 0.6) is 0 Å². The lowest BCUT2D eigenvalue weighted by Gasteiger charge is -2.47. The molecule has 0 amide bonds. The second-order valence-electron chi connectivity index (χ2n) is 5.98. The van der Waals surface area contributed by atoms with Gasteiger partial charge in [-0.15, -0.1) is 0 Å². The maximum Gasteiger partial charge on any atom is 0.325 e. The van der Waals surface area contributed by atoms with Gasteiger partial charge in [0.2, 0.25) is 0 Å². The summed E-state index contributed by atoms with van der Waals surface area (Å²) >= 11 is 6.14. The van der Waals surface area contributed by atoms with Crippen LogP contribution in [0.1, 0.15) is 19.8 Å². The van der Waals surface area contributed by atoms with Crippen LogP contribution in [-0.2, 0) is 9.53 Å². The van der Waals surface area contributed by atoms with Crippen LogP contribution in [0, 0.1) is 0 Å². The van der Waals surface area contributed by atoms with E-state index in [1.165, 1.54) is 0 Å². The average Bonchev–Trinajstić information content (AvgIpc) is 2.47. The molecule has 2 aliphatic heterocycles. The molecule has 1 aromatic rings. The third-order valence-electron chi connectivity index (χ3n) is 4.38. The summed E-state index contributed by atoms with van der Waals surface area (Å²) < 4.78 is 5.12. The Labute approximate surface area is 136 Å². The number of benzene rings is 1. The maximum atomic E-state index is 11.9. The molecule has 1 fully saturated rings. The molecule has 0 saturated carbocycles. The summed E-state index contributed by atoms with van der Waals surface area (Å²) in [7, 11) is 0. The number of hydrogen-bond acceptors (Lipinski definition) is 5. The van der Waals surface area contributed by atoms with Crippen molar-refractivity contribution in [3.05, 3.63) is 23.2 Å². The van der Waals surface area contributed by atoms with Crippen molar-refractivity contribution < 1.29 is 9.53 Å². The molecule has 0 atom stereocenters. The van der Waals surface area contributed by atoms with Crippen LogP contribution in [0.2, 0.25) is 5.02 Å². The number of esters is 1. The quantitative estimate of drug-likeness (QED) is 0.836. The van der Waals surface area contributed by atoms with E-state index in [-0.39, 0.29) is 18.1 Å². The van der Waals surface area contributed by atoms with Gasteiger partial charge in [0.05, 0.1) is 23.5 Å². The fraction of sp³-hybridized carbons (Fsp3) is 0.562. The number of carbonyl (C=O) groups excluding carboxylic acids is 1. The van der Waals surface area contributed by atoms with Crippen molar-refractivity contribution in [3.63, 3.8) is 0 Å². The minimum absolute atomic E-state index is 0.00454. The molecule has 5 nitrogen and oxygen atoms in total. The average molecular weight is 324 g/mol. The zero-order valence-corrected chi connectivity index (χ0v) is 13.6. The van der Waals surface area contributed by atoms with Gasteiger partial charge in [-0.1, -0.05) is 11.6 Å². The minimum atomic E-state index is -0.186. The summed E-state index contributed by atoms with van der Waals surface area (Å²) in [5.41, 5.74) is 2.02. The van der Waals surface area contributed by atoms with E-state index in [1.807, 2.05) is 25.1 Å². The Balaban J connectivity index is 1.88. The number of fused-ring (bicyclic) bond motifs is 1. The van der Waals surface area contributed by atoms with Gasteiger partial charge in [0, 0.05) is 11.6 Å². The number of anilines is 2. The Bertz CT molecular complexity index is 558. The first-order valence-electron chi connectivity index (χ1n) is 7.81. The van der Waals surface area contributed by atoms with Gasteiger partial charge in [0.1, 0.15) is 6.54 Å². The molecule has 2 heterocycles. The van der Waals surface area contributed by atoms with E-state index in [9.17, 15) is 4.79 Å².